The smallest absolute Gasteiger partial charge is 0.256 e. The van der Waals surface area contributed by atoms with Crippen molar-refractivity contribution in [2.24, 2.45) is 0 Å². The van der Waals surface area contributed by atoms with Crippen LogP contribution in [0.5, 0.6) is 11.5 Å². The van der Waals surface area contributed by atoms with Gasteiger partial charge in [-0.1, -0.05) is 24.3 Å². The standard InChI is InChI=1S/C22H16F2N2O3/c23-14-6-7-18(17(24)10-14)25-21-15-3-1-2-4-16(15)22(27)26(21)11-13-5-8-19-20(9-13)29-12-28-19/h1-10,21,25H,11-12H2/t21-/m1/s1. The number of ether oxygens (including phenoxy) is 2. The molecule has 146 valence electrons. The number of nitrogens with zero attached hydrogens (tertiary/aromatic N) is 1. The van der Waals surface area contributed by atoms with E-state index in [9.17, 15) is 13.6 Å². The number of anilines is 1. The minimum atomic E-state index is -0.718. The monoisotopic (exact) mass is 394 g/mol. The molecule has 0 bridgehead atoms. The number of hydrogen-bond acceptors (Lipinski definition) is 4. The predicted octanol–water partition coefficient (Wildman–Crippen LogP) is 4.46. The molecule has 0 spiro atoms. The maximum atomic E-state index is 14.2. The highest BCUT2D eigenvalue weighted by atomic mass is 19.1. The van der Waals surface area contributed by atoms with Gasteiger partial charge in [-0.3, -0.25) is 4.79 Å². The Morgan fingerprint density at radius 3 is 2.69 bits per heavy atom. The van der Waals surface area contributed by atoms with Crippen molar-refractivity contribution in [3.8, 4) is 11.5 Å². The highest BCUT2D eigenvalue weighted by molar-refractivity contribution is 5.99. The van der Waals surface area contributed by atoms with Crippen molar-refractivity contribution >= 4 is 11.6 Å². The third kappa shape index (κ3) is 3.04. The lowest BCUT2D eigenvalue weighted by Gasteiger charge is -2.27. The molecule has 0 aromatic heterocycles. The summed E-state index contributed by atoms with van der Waals surface area (Å²) in [5.74, 6) is -0.259. The summed E-state index contributed by atoms with van der Waals surface area (Å²) >= 11 is 0. The van der Waals surface area contributed by atoms with Crippen molar-refractivity contribution < 1.29 is 23.0 Å². The largest absolute Gasteiger partial charge is 0.454 e. The molecule has 0 radical (unpaired) electrons. The van der Waals surface area contributed by atoms with E-state index in [1.54, 1.807) is 23.1 Å². The number of carbonyl (C=O) groups is 1. The fraction of sp³-hybridized carbons (Fsp3) is 0.136. The van der Waals surface area contributed by atoms with Gasteiger partial charge in [-0.05, 0) is 35.9 Å². The molecule has 0 saturated carbocycles. The van der Waals surface area contributed by atoms with Crippen LogP contribution in [0.2, 0.25) is 0 Å². The molecular formula is C22H16F2N2O3. The van der Waals surface area contributed by atoms with E-state index < -0.39 is 17.8 Å². The first-order valence-electron chi connectivity index (χ1n) is 9.10. The van der Waals surface area contributed by atoms with Gasteiger partial charge in [0.25, 0.3) is 5.91 Å². The van der Waals surface area contributed by atoms with Crippen molar-refractivity contribution in [2.45, 2.75) is 12.7 Å². The lowest BCUT2D eigenvalue weighted by atomic mass is 10.1. The van der Waals surface area contributed by atoms with Crippen molar-refractivity contribution in [1.82, 2.24) is 4.90 Å². The maximum Gasteiger partial charge on any atom is 0.256 e. The van der Waals surface area contributed by atoms with Crippen molar-refractivity contribution in [2.75, 3.05) is 12.1 Å². The van der Waals surface area contributed by atoms with Gasteiger partial charge in [0.05, 0.1) is 5.69 Å². The van der Waals surface area contributed by atoms with Crippen LogP contribution in [-0.2, 0) is 6.54 Å². The molecule has 5 rings (SSSR count). The Kier molecular flexibility index (Phi) is 4.08. The van der Waals surface area contributed by atoms with E-state index in [4.69, 9.17) is 9.47 Å². The Morgan fingerprint density at radius 1 is 1.00 bits per heavy atom. The second-order valence-corrected chi connectivity index (χ2v) is 6.88. The molecule has 7 heteroatoms. The fourth-order valence-corrected chi connectivity index (χ4v) is 3.68. The minimum Gasteiger partial charge on any atom is -0.454 e. The number of halogens is 2. The molecule has 0 aliphatic carbocycles. The number of nitrogens with one attached hydrogen (secondary N) is 1. The average molecular weight is 394 g/mol. The van der Waals surface area contributed by atoms with Gasteiger partial charge >= 0.3 is 0 Å². The third-order valence-corrected chi connectivity index (χ3v) is 5.07. The van der Waals surface area contributed by atoms with Crippen LogP contribution in [0.1, 0.15) is 27.7 Å². The minimum absolute atomic E-state index is 0.122. The SMILES string of the molecule is O=C1c2ccccc2[C@H](Nc2ccc(F)cc2F)N1Cc1ccc2c(c1)OCO2. The van der Waals surface area contributed by atoms with Crippen LogP contribution >= 0.6 is 0 Å². The lowest BCUT2D eigenvalue weighted by Crippen LogP contribution is -2.32. The van der Waals surface area contributed by atoms with E-state index in [1.807, 2.05) is 24.3 Å². The maximum absolute atomic E-state index is 14.2. The summed E-state index contributed by atoms with van der Waals surface area (Å²) in [6.07, 6.45) is -0.593. The third-order valence-electron chi connectivity index (χ3n) is 5.07. The van der Waals surface area contributed by atoms with Crippen LogP contribution in [0.15, 0.2) is 60.7 Å². The van der Waals surface area contributed by atoms with Gasteiger partial charge in [0.1, 0.15) is 17.8 Å². The molecule has 2 aliphatic heterocycles. The Balaban J connectivity index is 1.49. The average Bonchev–Trinajstić information content (AvgIpc) is 3.28. The summed E-state index contributed by atoms with van der Waals surface area (Å²) in [4.78, 5) is 14.7. The first kappa shape index (κ1) is 17.5. The van der Waals surface area contributed by atoms with Crippen LogP contribution in [0.3, 0.4) is 0 Å². The van der Waals surface area contributed by atoms with Crippen molar-refractivity contribution in [3.05, 3.63) is 89.0 Å². The quantitative estimate of drug-likeness (QED) is 0.710. The number of amides is 1. The van der Waals surface area contributed by atoms with Crippen LogP contribution in [0.4, 0.5) is 14.5 Å². The topological polar surface area (TPSA) is 50.8 Å². The van der Waals surface area contributed by atoms with E-state index in [0.717, 1.165) is 17.2 Å². The summed E-state index contributed by atoms with van der Waals surface area (Å²) in [5, 5.41) is 3.05. The number of benzene rings is 3. The molecule has 5 nitrogen and oxygen atoms in total. The van der Waals surface area contributed by atoms with Gasteiger partial charge in [-0.2, -0.15) is 0 Å². The molecule has 2 heterocycles. The Labute approximate surface area is 165 Å². The zero-order chi connectivity index (χ0) is 20.0. The number of carbonyl (C=O) groups excluding carboxylic acids is 1. The molecule has 1 N–H and O–H groups in total. The molecule has 1 atom stereocenters. The van der Waals surface area contributed by atoms with Crippen LogP contribution in [0, 0.1) is 11.6 Å². The lowest BCUT2D eigenvalue weighted by molar-refractivity contribution is 0.0728. The van der Waals surface area contributed by atoms with Crippen molar-refractivity contribution in [1.29, 1.82) is 0 Å². The molecular weight excluding hydrogens is 378 g/mol. The molecule has 29 heavy (non-hydrogen) atoms. The van der Waals surface area contributed by atoms with Gasteiger partial charge in [0.15, 0.2) is 11.5 Å². The first-order valence-corrected chi connectivity index (χ1v) is 9.10. The predicted molar refractivity (Wildman–Crippen MR) is 102 cm³/mol. The molecule has 0 saturated heterocycles. The van der Waals surface area contributed by atoms with Crippen LogP contribution in [-0.4, -0.2) is 17.6 Å². The second kappa shape index (κ2) is 6.77. The van der Waals surface area contributed by atoms with E-state index in [0.29, 0.717) is 17.1 Å². The molecule has 0 fully saturated rings. The Bertz CT molecular complexity index is 1120. The Hall–Kier alpha value is -3.61. The molecule has 3 aromatic carbocycles. The second-order valence-electron chi connectivity index (χ2n) is 6.88. The molecule has 2 aliphatic rings. The summed E-state index contributed by atoms with van der Waals surface area (Å²) in [5.41, 5.74) is 2.26. The number of rotatable bonds is 4. The van der Waals surface area contributed by atoms with Crippen LogP contribution < -0.4 is 14.8 Å². The van der Waals surface area contributed by atoms with Gasteiger partial charge in [-0.15, -0.1) is 0 Å². The summed E-state index contributed by atoms with van der Waals surface area (Å²) in [6.45, 7) is 0.450. The number of fused-ring (bicyclic) bond motifs is 2. The zero-order valence-corrected chi connectivity index (χ0v) is 15.2. The highest BCUT2D eigenvalue weighted by Crippen LogP contribution is 2.38. The van der Waals surface area contributed by atoms with Gasteiger partial charge in [0.2, 0.25) is 6.79 Å². The van der Waals surface area contributed by atoms with Crippen molar-refractivity contribution in [3.63, 3.8) is 0 Å². The summed E-state index contributed by atoms with van der Waals surface area (Å²) < 4.78 is 38.3. The van der Waals surface area contributed by atoms with E-state index in [1.165, 1.54) is 12.1 Å². The zero-order valence-electron chi connectivity index (χ0n) is 15.2. The summed E-state index contributed by atoms with van der Waals surface area (Å²) in [7, 11) is 0. The molecule has 1 amide bonds. The Morgan fingerprint density at radius 2 is 1.83 bits per heavy atom. The van der Waals surface area contributed by atoms with E-state index in [2.05, 4.69) is 5.32 Å². The normalized spacial score (nSPS) is 16.8. The van der Waals surface area contributed by atoms with Gasteiger partial charge < -0.3 is 19.7 Å². The molecule has 3 aromatic rings. The van der Waals surface area contributed by atoms with E-state index in [-0.39, 0.29) is 24.9 Å². The fourth-order valence-electron chi connectivity index (χ4n) is 3.68. The van der Waals surface area contributed by atoms with E-state index >= 15 is 0 Å². The van der Waals surface area contributed by atoms with Crippen LogP contribution in [0.25, 0.3) is 0 Å². The summed E-state index contributed by atoms with van der Waals surface area (Å²) in [6, 6.07) is 16.0. The van der Waals surface area contributed by atoms with Gasteiger partial charge in [-0.25, -0.2) is 8.78 Å². The molecule has 0 unspecified atom stereocenters. The first-order chi connectivity index (χ1) is 14.1. The number of hydrogen-bond donors (Lipinski definition) is 1. The van der Waals surface area contributed by atoms with Gasteiger partial charge in [0, 0.05) is 23.7 Å². The highest BCUT2D eigenvalue weighted by Gasteiger charge is 2.37.